The number of para-hydroxylation sites is 1. The number of nitrogens with zero attached hydrogens (tertiary/aromatic N) is 3. The average Bonchev–Trinajstić information content (AvgIpc) is 2.67. The molecule has 1 amide bonds. The number of hydrogen-bond donors (Lipinski definition) is 2. The van der Waals surface area contributed by atoms with Gasteiger partial charge in [0.2, 0.25) is 0 Å². The number of carbonyl (C=O) groups is 1. The molecule has 26 heavy (non-hydrogen) atoms. The molecule has 0 spiro atoms. The molecule has 0 radical (unpaired) electrons. The van der Waals surface area contributed by atoms with E-state index in [1.165, 1.54) is 6.20 Å². The van der Waals surface area contributed by atoms with Crippen LogP contribution in [0.5, 0.6) is 0 Å². The van der Waals surface area contributed by atoms with Crippen LogP contribution in [0.1, 0.15) is 11.1 Å². The van der Waals surface area contributed by atoms with Crippen LogP contribution in [0.4, 0.5) is 5.69 Å². The standard InChI is InChI=1S/C20H18N4O2/c21-12-17-8-4-5-9-19(17)23-20(26)18(13-22)15-24(10-11-25)14-16-6-2-1-3-7-16/h1-9,15,25H,10-11,14H2,(H,23,26)/b18-15-. The number of rotatable bonds is 7. The van der Waals surface area contributed by atoms with Gasteiger partial charge in [-0.15, -0.1) is 0 Å². The number of aliphatic hydroxyl groups excluding tert-OH is 1. The molecule has 6 nitrogen and oxygen atoms in total. The zero-order valence-corrected chi connectivity index (χ0v) is 14.1. The molecule has 0 fully saturated rings. The number of amides is 1. The molecule has 0 heterocycles. The van der Waals surface area contributed by atoms with Gasteiger partial charge in [-0.05, 0) is 17.7 Å². The van der Waals surface area contributed by atoms with Gasteiger partial charge in [-0.25, -0.2) is 0 Å². The van der Waals surface area contributed by atoms with Gasteiger partial charge in [0.15, 0.2) is 0 Å². The first-order chi connectivity index (χ1) is 12.7. The highest BCUT2D eigenvalue weighted by molar-refractivity contribution is 6.07. The third-order valence-electron chi connectivity index (χ3n) is 3.59. The lowest BCUT2D eigenvalue weighted by atomic mass is 10.2. The lowest BCUT2D eigenvalue weighted by molar-refractivity contribution is -0.112. The average molecular weight is 346 g/mol. The molecular formula is C20H18N4O2. The number of benzene rings is 2. The van der Waals surface area contributed by atoms with Crippen molar-refractivity contribution in [1.82, 2.24) is 4.90 Å². The van der Waals surface area contributed by atoms with Gasteiger partial charge in [0, 0.05) is 19.3 Å². The van der Waals surface area contributed by atoms with Crippen LogP contribution in [0.15, 0.2) is 66.4 Å². The van der Waals surface area contributed by atoms with E-state index in [2.05, 4.69) is 5.32 Å². The lowest BCUT2D eigenvalue weighted by Crippen LogP contribution is -2.24. The molecule has 2 N–H and O–H groups in total. The van der Waals surface area contributed by atoms with Gasteiger partial charge in [-0.2, -0.15) is 10.5 Å². The summed E-state index contributed by atoms with van der Waals surface area (Å²) in [6, 6.07) is 20.0. The van der Waals surface area contributed by atoms with Gasteiger partial charge >= 0.3 is 0 Å². The minimum atomic E-state index is -0.605. The predicted molar refractivity (Wildman–Crippen MR) is 97.4 cm³/mol. The first-order valence-corrected chi connectivity index (χ1v) is 7.99. The topological polar surface area (TPSA) is 100 Å². The van der Waals surface area contributed by atoms with Gasteiger partial charge in [0.25, 0.3) is 5.91 Å². The molecule has 0 saturated carbocycles. The van der Waals surface area contributed by atoms with E-state index in [1.54, 1.807) is 29.2 Å². The summed E-state index contributed by atoms with van der Waals surface area (Å²) < 4.78 is 0. The van der Waals surface area contributed by atoms with E-state index in [0.717, 1.165) is 5.56 Å². The van der Waals surface area contributed by atoms with Crippen LogP contribution in [-0.2, 0) is 11.3 Å². The van der Waals surface area contributed by atoms with Crippen LogP contribution < -0.4 is 5.32 Å². The monoisotopic (exact) mass is 346 g/mol. The van der Waals surface area contributed by atoms with Crippen LogP contribution in [-0.4, -0.2) is 29.1 Å². The number of aliphatic hydroxyl groups is 1. The number of nitrogens with one attached hydrogen (secondary N) is 1. The Hall–Kier alpha value is -3.61. The van der Waals surface area contributed by atoms with E-state index >= 15 is 0 Å². The SMILES string of the molecule is N#C/C(=C/N(CCO)Cc1ccccc1)C(=O)Nc1ccccc1C#N. The summed E-state index contributed by atoms with van der Waals surface area (Å²) in [7, 11) is 0. The molecular weight excluding hydrogens is 328 g/mol. The summed E-state index contributed by atoms with van der Waals surface area (Å²) in [5, 5.41) is 30.3. The third-order valence-corrected chi connectivity index (χ3v) is 3.59. The quantitative estimate of drug-likeness (QED) is 0.592. The molecule has 0 unspecified atom stereocenters. The minimum Gasteiger partial charge on any atom is -0.395 e. The highest BCUT2D eigenvalue weighted by atomic mass is 16.3. The zero-order chi connectivity index (χ0) is 18.8. The van der Waals surface area contributed by atoms with E-state index in [0.29, 0.717) is 17.8 Å². The molecule has 0 aromatic heterocycles. The molecule has 2 aromatic carbocycles. The summed E-state index contributed by atoms with van der Waals surface area (Å²) in [5.74, 6) is -0.605. The van der Waals surface area contributed by atoms with Crippen molar-refractivity contribution >= 4 is 11.6 Å². The van der Waals surface area contributed by atoms with Crippen molar-refractivity contribution in [3.05, 3.63) is 77.5 Å². The Kier molecular flexibility index (Phi) is 6.93. The second-order valence-corrected chi connectivity index (χ2v) is 5.45. The maximum Gasteiger partial charge on any atom is 0.267 e. The summed E-state index contributed by atoms with van der Waals surface area (Å²) in [6.45, 7) is 0.623. The molecule has 2 aromatic rings. The van der Waals surface area contributed by atoms with Crippen LogP contribution in [0.3, 0.4) is 0 Å². The van der Waals surface area contributed by atoms with Crippen molar-refractivity contribution in [3.8, 4) is 12.1 Å². The van der Waals surface area contributed by atoms with Gasteiger partial charge in [0.05, 0.1) is 17.9 Å². The van der Waals surface area contributed by atoms with Gasteiger partial charge in [0.1, 0.15) is 17.7 Å². The molecule has 0 aliphatic carbocycles. The van der Waals surface area contributed by atoms with Crippen molar-refractivity contribution in [1.29, 1.82) is 10.5 Å². The van der Waals surface area contributed by atoms with Crippen LogP contribution in [0, 0.1) is 22.7 Å². The Morgan fingerprint density at radius 3 is 2.46 bits per heavy atom. The van der Waals surface area contributed by atoms with Crippen LogP contribution in [0.2, 0.25) is 0 Å². The van der Waals surface area contributed by atoms with Crippen molar-refractivity contribution < 1.29 is 9.90 Å². The zero-order valence-electron chi connectivity index (χ0n) is 14.1. The normalized spacial score (nSPS) is 10.5. The largest absolute Gasteiger partial charge is 0.395 e. The van der Waals surface area contributed by atoms with E-state index in [4.69, 9.17) is 5.26 Å². The number of carbonyl (C=O) groups excluding carboxylic acids is 1. The minimum absolute atomic E-state index is 0.109. The van der Waals surface area contributed by atoms with Gasteiger partial charge in [-0.1, -0.05) is 42.5 Å². The predicted octanol–water partition coefficient (Wildman–Crippen LogP) is 2.40. The molecule has 2 rings (SSSR count). The molecule has 0 atom stereocenters. The molecule has 0 aliphatic rings. The molecule has 130 valence electrons. The van der Waals surface area contributed by atoms with Crippen LogP contribution in [0.25, 0.3) is 0 Å². The fourth-order valence-electron chi connectivity index (χ4n) is 2.34. The first kappa shape index (κ1) is 18.7. The van der Waals surface area contributed by atoms with E-state index in [-0.39, 0.29) is 18.7 Å². The Labute approximate surface area is 152 Å². The van der Waals surface area contributed by atoms with Crippen molar-refractivity contribution in [3.63, 3.8) is 0 Å². The van der Waals surface area contributed by atoms with E-state index in [1.807, 2.05) is 42.5 Å². The second-order valence-electron chi connectivity index (χ2n) is 5.45. The summed E-state index contributed by atoms with van der Waals surface area (Å²) in [5.41, 5.74) is 1.54. The summed E-state index contributed by atoms with van der Waals surface area (Å²) >= 11 is 0. The molecule has 6 heteroatoms. The number of anilines is 1. The Morgan fingerprint density at radius 2 is 1.81 bits per heavy atom. The van der Waals surface area contributed by atoms with E-state index < -0.39 is 5.91 Å². The molecule has 0 aliphatic heterocycles. The smallest absolute Gasteiger partial charge is 0.267 e. The summed E-state index contributed by atoms with van der Waals surface area (Å²) in [6.07, 6.45) is 1.42. The summed E-state index contributed by atoms with van der Waals surface area (Å²) in [4.78, 5) is 14.1. The molecule has 0 saturated heterocycles. The fraction of sp³-hybridized carbons (Fsp3) is 0.150. The van der Waals surface area contributed by atoms with Gasteiger partial charge in [-0.3, -0.25) is 4.79 Å². The Bertz CT molecular complexity index is 863. The highest BCUT2D eigenvalue weighted by Gasteiger charge is 2.13. The van der Waals surface area contributed by atoms with Crippen molar-refractivity contribution in [2.45, 2.75) is 6.54 Å². The Balaban J connectivity index is 2.19. The fourth-order valence-corrected chi connectivity index (χ4v) is 2.34. The van der Waals surface area contributed by atoms with E-state index in [9.17, 15) is 15.2 Å². The first-order valence-electron chi connectivity index (χ1n) is 7.99. The molecule has 0 bridgehead atoms. The highest BCUT2D eigenvalue weighted by Crippen LogP contribution is 2.15. The van der Waals surface area contributed by atoms with Crippen LogP contribution >= 0.6 is 0 Å². The number of hydrogen-bond acceptors (Lipinski definition) is 5. The van der Waals surface area contributed by atoms with Crippen molar-refractivity contribution in [2.75, 3.05) is 18.5 Å². The second kappa shape index (κ2) is 9.63. The Morgan fingerprint density at radius 1 is 1.12 bits per heavy atom. The third kappa shape index (κ3) is 5.20. The van der Waals surface area contributed by atoms with Gasteiger partial charge < -0.3 is 15.3 Å². The maximum absolute atomic E-state index is 12.4. The number of nitriles is 2. The maximum atomic E-state index is 12.4. The van der Waals surface area contributed by atoms with Crippen molar-refractivity contribution in [2.24, 2.45) is 0 Å². The lowest BCUT2D eigenvalue weighted by Gasteiger charge is -2.20.